The monoisotopic (exact) mass is 700 g/mol. The van der Waals surface area contributed by atoms with E-state index in [4.69, 9.17) is 4.74 Å². The smallest absolute Gasteiger partial charge is 0.260 e. The Bertz CT molecular complexity index is 2000. The summed E-state index contributed by atoms with van der Waals surface area (Å²) in [7, 11) is 1.90. The molecule has 0 spiro atoms. The number of halogens is 1. The maximum atomic E-state index is 15.5. The van der Waals surface area contributed by atoms with Crippen molar-refractivity contribution in [3.8, 4) is 11.3 Å². The molecule has 1 aromatic heterocycles. The first-order valence-corrected chi connectivity index (χ1v) is 18.3. The van der Waals surface area contributed by atoms with Crippen LogP contribution in [0.25, 0.3) is 11.3 Å². The topological polar surface area (TPSA) is 58.0 Å². The van der Waals surface area contributed by atoms with Gasteiger partial charge < -0.3 is 19.1 Å². The zero-order chi connectivity index (χ0) is 36.8. The van der Waals surface area contributed by atoms with Gasteiger partial charge in [-0.2, -0.15) is 0 Å². The first-order chi connectivity index (χ1) is 25.3. The maximum Gasteiger partial charge on any atom is 0.260 e. The lowest BCUT2D eigenvalue weighted by Gasteiger charge is -2.40. The SMILES string of the molecule is CC.Cc1cc(-c2cc(C(=O)N(Cc3ccccc3)c3ccccc3)c(C)n2C)c(C(=O)N2Cc3ccccc3CC2CN2CCOCC2)cc1F. The molecule has 2 aliphatic rings. The predicted molar refractivity (Wildman–Crippen MR) is 206 cm³/mol. The van der Waals surface area contributed by atoms with E-state index in [2.05, 4.69) is 17.0 Å². The van der Waals surface area contributed by atoms with Crippen LogP contribution in [0.1, 0.15) is 62.5 Å². The van der Waals surface area contributed by atoms with Crippen molar-refractivity contribution < 1.29 is 18.7 Å². The number of benzene rings is 4. The van der Waals surface area contributed by atoms with Crippen LogP contribution in [0.3, 0.4) is 0 Å². The van der Waals surface area contributed by atoms with Crippen molar-refractivity contribution >= 4 is 17.5 Å². The van der Waals surface area contributed by atoms with Gasteiger partial charge >= 0.3 is 0 Å². The Morgan fingerprint density at radius 1 is 0.827 bits per heavy atom. The average Bonchev–Trinajstić information content (AvgIpc) is 3.48. The third kappa shape index (κ3) is 7.73. The summed E-state index contributed by atoms with van der Waals surface area (Å²) in [5, 5.41) is 0. The molecule has 7 nitrogen and oxygen atoms in total. The van der Waals surface area contributed by atoms with Gasteiger partial charge in [0.15, 0.2) is 0 Å². The highest BCUT2D eigenvalue weighted by molar-refractivity contribution is 6.08. The summed E-state index contributed by atoms with van der Waals surface area (Å²) in [4.78, 5) is 35.3. The van der Waals surface area contributed by atoms with Crippen LogP contribution in [0.5, 0.6) is 0 Å². The molecule has 52 heavy (non-hydrogen) atoms. The maximum absolute atomic E-state index is 15.5. The van der Waals surface area contributed by atoms with Crippen LogP contribution in [-0.2, 0) is 31.3 Å². The van der Waals surface area contributed by atoms with E-state index >= 15 is 4.39 Å². The van der Waals surface area contributed by atoms with E-state index in [1.54, 1.807) is 17.9 Å². The minimum Gasteiger partial charge on any atom is -0.379 e. The molecule has 8 heteroatoms. The lowest BCUT2D eigenvalue weighted by atomic mass is 9.91. The van der Waals surface area contributed by atoms with Crippen LogP contribution in [0, 0.1) is 19.7 Å². The molecule has 3 heterocycles. The second kappa shape index (κ2) is 16.5. The Hall–Kier alpha value is -5.05. The van der Waals surface area contributed by atoms with Gasteiger partial charge in [0.1, 0.15) is 5.82 Å². The van der Waals surface area contributed by atoms with Crippen LogP contribution < -0.4 is 4.90 Å². The first-order valence-electron chi connectivity index (χ1n) is 18.3. The van der Waals surface area contributed by atoms with E-state index in [1.165, 1.54) is 11.6 Å². The van der Waals surface area contributed by atoms with Gasteiger partial charge in [-0.1, -0.05) is 86.6 Å². The normalized spacial score (nSPS) is 15.7. The summed E-state index contributed by atoms with van der Waals surface area (Å²) < 4.78 is 23.0. The molecule has 1 saturated heterocycles. The molecule has 2 amide bonds. The van der Waals surface area contributed by atoms with E-state index in [9.17, 15) is 9.59 Å². The van der Waals surface area contributed by atoms with Gasteiger partial charge in [0.2, 0.25) is 0 Å². The quantitative estimate of drug-likeness (QED) is 0.164. The number of amides is 2. The Morgan fingerprint density at radius 3 is 2.15 bits per heavy atom. The lowest BCUT2D eigenvalue weighted by Crippen LogP contribution is -2.52. The van der Waals surface area contributed by atoms with Gasteiger partial charge in [-0.3, -0.25) is 14.5 Å². The van der Waals surface area contributed by atoms with Crippen molar-refractivity contribution in [1.82, 2.24) is 14.4 Å². The number of carbonyl (C=O) groups is 2. The standard InChI is InChI=1S/C42H43FN4O3.C2H6/c1-29-22-37(40-25-36(30(2)44(40)3)41(48)46(34-16-8-5-9-17-34)26-31-12-6-4-7-13-31)38(24-39(29)43)42(49)47-27-33-15-11-10-14-32(33)23-35(47)28-45-18-20-50-21-19-45;1-2/h4-17,22,24-25,35H,18-21,23,26-28H2,1-3H3;1-2H3. The Balaban J connectivity index is 0.00000228. The van der Waals surface area contributed by atoms with Crippen LogP contribution in [-0.4, -0.2) is 65.1 Å². The van der Waals surface area contributed by atoms with Crippen molar-refractivity contribution in [1.29, 1.82) is 0 Å². The molecule has 0 saturated carbocycles. The fourth-order valence-corrected chi connectivity index (χ4v) is 7.27. The number of fused-ring (bicyclic) bond motifs is 1. The van der Waals surface area contributed by atoms with Gasteiger partial charge in [0.25, 0.3) is 11.8 Å². The van der Waals surface area contributed by atoms with Crippen LogP contribution in [0.15, 0.2) is 103 Å². The number of morpholine rings is 1. The number of hydrogen-bond donors (Lipinski definition) is 0. The van der Waals surface area contributed by atoms with Crippen LogP contribution >= 0.6 is 0 Å². The van der Waals surface area contributed by atoms with E-state index in [-0.39, 0.29) is 17.9 Å². The van der Waals surface area contributed by atoms with E-state index < -0.39 is 5.82 Å². The fraction of sp³-hybridized carbons (Fsp3) is 0.318. The molecule has 0 aliphatic carbocycles. The molecule has 2 aliphatic heterocycles. The van der Waals surface area contributed by atoms with Gasteiger partial charge in [-0.05, 0) is 72.9 Å². The molecule has 1 atom stereocenters. The molecule has 270 valence electrons. The molecule has 7 rings (SSSR count). The molecule has 1 fully saturated rings. The third-order valence-electron chi connectivity index (χ3n) is 10.3. The number of anilines is 1. The molecular formula is C44H49FN4O3. The van der Waals surface area contributed by atoms with Crippen LogP contribution in [0.2, 0.25) is 0 Å². The van der Waals surface area contributed by atoms with E-state index in [0.29, 0.717) is 60.8 Å². The van der Waals surface area contributed by atoms with E-state index in [0.717, 1.165) is 42.0 Å². The minimum absolute atomic E-state index is 0.0857. The van der Waals surface area contributed by atoms with Gasteiger partial charge in [0.05, 0.1) is 30.9 Å². The zero-order valence-electron chi connectivity index (χ0n) is 30.9. The van der Waals surface area contributed by atoms with Crippen molar-refractivity contribution in [3.63, 3.8) is 0 Å². The Morgan fingerprint density at radius 2 is 1.46 bits per heavy atom. The summed E-state index contributed by atoms with van der Waals surface area (Å²) >= 11 is 0. The summed E-state index contributed by atoms with van der Waals surface area (Å²) in [5.41, 5.74) is 7.46. The highest BCUT2D eigenvalue weighted by Crippen LogP contribution is 2.34. The summed E-state index contributed by atoms with van der Waals surface area (Å²) in [5.74, 6) is -0.794. The number of carbonyl (C=O) groups excluding carboxylic acids is 2. The van der Waals surface area contributed by atoms with Gasteiger partial charge in [0, 0.05) is 61.9 Å². The highest BCUT2D eigenvalue weighted by atomic mass is 19.1. The largest absolute Gasteiger partial charge is 0.379 e. The summed E-state index contributed by atoms with van der Waals surface area (Å²) in [6.45, 7) is 12.2. The number of aryl methyl sites for hydroxylation is 1. The summed E-state index contributed by atoms with van der Waals surface area (Å²) in [6.07, 6.45) is 0.724. The summed E-state index contributed by atoms with van der Waals surface area (Å²) in [6, 6.07) is 32.7. The highest BCUT2D eigenvalue weighted by Gasteiger charge is 2.34. The minimum atomic E-state index is -0.431. The number of para-hydroxylation sites is 1. The molecule has 0 radical (unpaired) electrons. The number of aromatic nitrogens is 1. The number of hydrogen-bond acceptors (Lipinski definition) is 4. The van der Waals surface area contributed by atoms with Gasteiger partial charge in [-0.25, -0.2) is 4.39 Å². The third-order valence-corrected chi connectivity index (χ3v) is 10.3. The van der Waals surface area contributed by atoms with Crippen molar-refractivity contribution in [3.05, 3.63) is 148 Å². The van der Waals surface area contributed by atoms with Gasteiger partial charge in [-0.15, -0.1) is 0 Å². The number of ether oxygens (including phenoxy) is 1. The second-order valence-corrected chi connectivity index (χ2v) is 13.4. The number of nitrogens with zero attached hydrogens (tertiary/aromatic N) is 4. The molecular weight excluding hydrogens is 652 g/mol. The van der Waals surface area contributed by atoms with Crippen molar-refractivity contribution in [2.45, 2.75) is 53.2 Å². The van der Waals surface area contributed by atoms with E-state index in [1.807, 2.05) is 116 Å². The zero-order valence-corrected chi connectivity index (χ0v) is 30.9. The van der Waals surface area contributed by atoms with Crippen LogP contribution in [0.4, 0.5) is 10.1 Å². The Kier molecular flexibility index (Phi) is 11.7. The fourth-order valence-electron chi connectivity index (χ4n) is 7.27. The molecule has 0 bridgehead atoms. The lowest BCUT2D eigenvalue weighted by molar-refractivity contribution is 0.0193. The second-order valence-electron chi connectivity index (χ2n) is 13.4. The molecule has 4 aromatic carbocycles. The van der Waals surface area contributed by atoms with Crippen molar-refractivity contribution in [2.75, 3.05) is 37.7 Å². The molecule has 5 aromatic rings. The Labute approximate surface area is 307 Å². The van der Waals surface area contributed by atoms with Crippen molar-refractivity contribution in [2.24, 2.45) is 7.05 Å². The average molecular weight is 701 g/mol. The predicted octanol–water partition coefficient (Wildman–Crippen LogP) is 8.22. The number of rotatable bonds is 8. The molecule has 0 N–H and O–H groups in total. The molecule has 1 unspecified atom stereocenters. The first kappa shape index (κ1) is 36.7.